The Hall–Kier alpha value is -0.160. The van der Waals surface area contributed by atoms with E-state index in [1.165, 1.54) is 136 Å². The lowest BCUT2D eigenvalue weighted by Crippen LogP contribution is -2.48. The first kappa shape index (κ1) is 20.1. The summed E-state index contributed by atoms with van der Waals surface area (Å²) in [6.07, 6.45) is 15.7. The Morgan fingerprint density at radius 2 is 0.815 bits per heavy atom. The van der Waals surface area contributed by atoms with Crippen molar-refractivity contribution in [3.63, 3.8) is 0 Å². The Morgan fingerprint density at radius 3 is 1.19 bits per heavy atom. The Balaban J connectivity index is 1.07. The minimum Gasteiger partial charge on any atom is -0.303 e. The number of hydrogen-bond acceptors (Lipinski definition) is 4. The Morgan fingerprint density at radius 1 is 0.444 bits per heavy atom. The second-order valence-corrected chi connectivity index (χ2v) is 9.69. The van der Waals surface area contributed by atoms with Gasteiger partial charge in [-0.15, -0.1) is 0 Å². The molecule has 4 heteroatoms. The van der Waals surface area contributed by atoms with E-state index in [9.17, 15) is 0 Å². The molecule has 4 aliphatic heterocycles. The van der Waals surface area contributed by atoms with Crippen molar-refractivity contribution >= 4 is 0 Å². The van der Waals surface area contributed by atoms with Crippen LogP contribution in [0.4, 0.5) is 0 Å². The maximum absolute atomic E-state index is 2.80. The second-order valence-electron chi connectivity index (χ2n) is 9.69. The van der Waals surface area contributed by atoms with Gasteiger partial charge in [-0.25, -0.2) is 0 Å². The molecule has 0 aromatic heterocycles. The van der Waals surface area contributed by atoms with Crippen LogP contribution in [0, 0.1) is 0 Å². The molecule has 4 saturated heterocycles. The van der Waals surface area contributed by atoms with Gasteiger partial charge in [-0.2, -0.15) is 0 Å². The molecule has 0 amide bonds. The van der Waals surface area contributed by atoms with Gasteiger partial charge in [0.15, 0.2) is 0 Å². The van der Waals surface area contributed by atoms with E-state index in [1.807, 2.05) is 0 Å². The molecule has 4 rings (SSSR count). The molecule has 0 atom stereocenters. The molecule has 0 bridgehead atoms. The first-order valence-corrected chi connectivity index (χ1v) is 12.3. The lowest BCUT2D eigenvalue weighted by molar-refractivity contribution is 0.0807. The molecule has 0 aliphatic carbocycles. The Kier molecular flexibility index (Phi) is 7.88. The summed E-state index contributed by atoms with van der Waals surface area (Å²) >= 11 is 0. The minimum absolute atomic E-state index is 0.898. The fraction of sp³-hybridized carbons (Fsp3) is 1.00. The molecule has 0 unspecified atom stereocenters. The van der Waals surface area contributed by atoms with Gasteiger partial charge in [0.25, 0.3) is 0 Å². The van der Waals surface area contributed by atoms with E-state index >= 15 is 0 Å². The number of likely N-dealkylation sites (tertiary alicyclic amines) is 4. The van der Waals surface area contributed by atoms with E-state index in [4.69, 9.17) is 0 Å². The van der Waals surface area contributed by atoms with Crippen LogP contribution in [0.2, 0.25) is 0 Å². The topological polar surface area (TPSA) is 13.0 Å². The standard InChI is InChI=1S/C23H44N4/c1-3-14-26(15-4-1)22-8-18-24(19-9-22)12-7-13-25-20-10-23(11-21-25)27-16-5-2-6-17-27/h22-23H,1-21H2. The van der Waals surface area contributed by atoms with E-state index in [2.05, 4.69) is 19.6 Å². The highest BCUT2D eigenvalue weighted by atomic mass is 15.2. The third-order valence-electron chi connectivity index (χ3n) is 7.88. The van der Waals surface area contributed by atoms with Crippen molar-refractivity contribution in [2.24, 2.45) is 0 Å². The van der Waals surface area contributed by atoms with Crippen LogP contribution < -0.4 is 0 Å². The average Bonchev–Trinajstić information content (AvgIpc) is 2.76. The van der Waals surface area contributed by atoms with Gasteiger partial charge in [0, 0.05) is 12.1 Å². The van der Waals surface area contributed by atoms with Gasteiger partial charge in [0.05, 0.1) is 0 Å². The van der Waals surface area contributed by atoms with Crippen LogP contribution in [0.15, 0.2) is 0 Å². The maximum atomic E-state index is 2.80. The van der Waals surface area contributed by atoms with Gasteiger partial charge in [0.2, 0.25) is 0 Å². The highest BCUT2D eigenvalue weighted by molar-refractivity contribution is 4.83. The van der Waals surface area contributed by atoms with E-state index in [0.717, 1.165) is 12.1 Å². The van der Waals surface area contributed by atoms with Gasteiger partial charge in [-0.3, -0.25) is 0 Å². The van der Waals surface area contributed by atoms with Crippen molar-refractivity contribution in [3.8, 4) is 0 Å². The lowest BCUT2D eigenvalue weighted by atomic mass is 9.99. The summed E-state index contributed by atoms with van der Waals surface area (Å²) in [5.41, 5.74) is 0. The van der Waals surface area contributed by atoms with Crippen LogP contribution in [-0.2, 0) is 0 Å². The third kappa shape index (κ3) is 5.91. The molecule has 0 aromatic carbocycles. The van der Waals surface area contributed by atoms with Crippen molar-refractivity contribution in [3.05, 3.63) is 0 Å². The van der Waals surface area contributed by atoms with E-state index < -0.39 is 0 Å². The number of hydrogen-bond donors (Lipinski definition) is 0. The number of rotatable bonds is 6. The summed E-state index contributed by atoms with van der Waals surface area (Å²) in [4.78, 5) is 11.1. The van der Waals surface area contributed by atoms with Crippen LogP contribution in [0.5, 0.6) is 0 Å². The zero-order valence-electron chi connectivity index (χ0n) is 17.8. The van der Waals surface area contributed by atoms with Crippen LogP contribution in [-0.4, -0.2) is 97.1 Å². The van der Waals surface area contributed by atoms with E-state index in [0.29, 0.717) is 0 Å². The molecule has 156 valence electrons. The first-order valence-electron chi connectivity index (χ1n) is 12.3. The molecule has 0 radical (unpaired) electrons. The maximum Gasteiger partial charge on any atom is 0.0120 e. The quantitative estimate of drug-likeness (QED) is 0.705. The zero-order valence-corrected chi connectivity index (χ0v) is 17.8. The summed E-state index contributed by atoms with van der Waals surface area (Å²) in [5.74, 6) is 0. The largest absolute Gasteiger partial charge is 0.303 e. The molecule has 0 saturated carbocycles. The molecule has 4 nitrogen and oxygen atoms in total. The summed E-state index contributed by atoms with van der Waals surface area (Å²) in [6, 6.07) is 1.80. The average molecular weight is 377 g/mol. The highest BCUT2D eigenvalue weighted by Crippen LogP contribution is 2.22. The fourth-order valence-corrected chi connectivity index (χ4v) is 6.10. The second kappa shape index (κ2) is 10.6. The molecule has 0 spiro atoms. The molecule has 4 aliphatic rings. The SMILES string of the molecule is C1CCN(C2CCN(CCCN3CCC(N4CCCCC4)CC3)CC2)CC1. The molecule has 4 fully saturated rings. The Bertz CT molecular complexity index is 363. The van der Waals surface area contributed by atoms with Crippen LogP contribution in [0.3, 0.4) is 0 Å². The molecular weight excluding hydrogens is 332 g/mol. The summed E-state index contributed by atoms with van der Waals surface area (Å²) in [6.45, 7) is 13.5. The van der Waals surface area contributed by atoms with E-state index in [-0.39, 0.29) is 0 Å². The number of nitrogens with zero attached hydrogens (tertiary/aromatic N) is 4. The predicted octanol–water partition coefficient (Wildman–Crippen LogP) is 3.28. The van der Waals surface area contributed by atoms with Gasteiger partial charge < -0.3 is 19.6 Å². The molecule has 4 heterocycles. The first-order chi connectivity index (χ1) is 13.4. The normalized spacial score (nSPS) is 29.3. The van der Waals surface area contributed by atoms with Crippen molar-refractivity contribution in [1.29, 1.82) is 0 Å². The summed E-state index contributed by atoms with van der Waals surface area (Å²) in [7, 11) is 0. The molecule has 27 heavy (non-hydrogen) atoms. The highest BCUT2D eigenvalue weighted by Gasteiger charge is 2.27. The summed E-state index contributed by atoms with van der Waals surface area (Å²) in [5, 5.41) is 0. The summed E-state index contributed by atoms with van der Waals surface area (Å²) < 4.78 is 0. The van der Waals surface area contributed by atoms with Crippen molar-refractivity contribution in [2.45, 2.75) is 82.7 Å². The zero-order chi connectivity index (χ0) is 18.3. The van der Waals surface area contributed by atoms with Crippen LogP contribution >= 0.6 is 0 Å². The van der Waals surface area contributed by atoms with Crippen molar-refractivity contribution < 1.29 is 0 Å². The molecular formula is C23H44N4. The van der Waals surface area contributed by atoms with Crippen LogP contribution in [0.1, 0.15) is 70.6 Å². The van der Waals surface area contributed by atoms with Crippen molar-refractivity contribution in [1.82, 2.24) is 19.6 Å². The minimum atomic E-state index is 0.898. The van der Waals surface area contributed by atoms with Gasteiger partial charge in [0.1, 0.15) is 0 Å². The lowest BCUT2D eigenvalue weighted by Gasteiger charge is -2.41. The van der Waals surface area contributed by atoms with Gasteiger partial charge >= 0.3 is 0 Å². The molecule has 0 aromatic rings. The van der Waals surface area contributed by atoms with Gasteiger partial charge in [-0.05, 0) is 123 Å². The van der Waals surface area contributed by atoms with Crippen molar-refractivity contribution in [2.75, 3.05) is 65.4 Å². The monoisotopic (exact) mass is 376 g/mol. The predicted molar refractivity (Wildman–Crippen MR) is 114 cm³/mol. The van der Waals surface area contributed by atoms with Crippen LogP contribution in [0.25, 0.3) is 0 Å². The molecule has 0 N–H and O–H groups in total. The number of piperidine rings is 4. The fourth-order valence-electron chi connectivity index (χ4n) is 6.10. The Labute approximate surface area is 168 Å². The smallest absolute Gasteiger partial charge is 0.0120 e. The van der Waals surface area contributed by atoms with Gasteiger partial charge in [-0.1, -0.05) is 12.8 Å². The third-order valence-corrected chi connectivity index (χ3v) is 7.88. The van der Waals surface area contributed by atoms with E-state index in [1.54, 1.807) is 0 Å².